The van der Waals surface area contributed by atoms with Crippen molar-refractivity contribution in [1.29, 1.82) is 0 Å². The maximum absolute atomic E-state index is 13.4. The number of H-pyrrole nitrogens is 1. The summed E-state index contributed by atoms with van der Waals surface area (Å²) >= 11 is 0. The van der Waals surface area contributed by atoms with Crippen molar-refractivity contribution in [2.75, 3.05) is 13.7 Å². The lowest BCUT2D eigenvalue weighted by Crippen LogP contribution is -2.38. The minimum atomic E-state index is -0.397. The van der Waals surface area contributed by atoms with Crippen molar-refractivity contribution in [2.45, 2.75) is 38.4 Å². The molecule has 0 spiro atoms. The van der Waals surface area contributed by atoms with E-state index in [0.717, 1.165) is 57.8 Å². The number of carbonyl (C=O) groups excluding carboxylic acids is 1. The van der Waals surface area contributed by atoms with Crippen molar-refractivity contribution in [3.8, 4) is 5.75 Å². The number of hydrogen-bond acceptors (Lipinski definition) is 5. The van der Waals surface area contributed by atoms with Crippen LogP contribution in [0.5, 0.6) is 5.75 Å². The lowest BCUT2D eigenvalue weighted by molar-refractivity contribution is -0.121. The van der Waals surface area contributed by atoms with Gasteiger partial charge in [0.05, 0.1) is 26.2 Å². The number of carbonyl (C=O) groups is 1. The molecule has 0 saturated carbocycles. The van der Waals surface area contributed by atoms with Crippen molar-refractivity contribution < 1.29 is 9.53 Å². The number of fused-ring (bicyclic) bond motifs is 1. The highest BCUT2D eigenvalue weighted by Gasteiger charge is 2.25. The predicted molar refractivity (Wildman–Crippen MR) is 177 cm³/mol. The molecular weight excluding hydrogens is 560 g/mol. The topological polar surface area (TPSA) is 96.9 Å². The Morgan fingerprint density at radius 1 is 0.822 bits per heavy atom. The number of aryl methyl sites for hydroxylation is 2. The van der Waals surface area contributed by atoms with E-state index < -0.39 is 6.04 Å². The molecule has 1 atom stereocenters. The van der Waals surface area contributed by atoms with Crippen molar-refractivity contribution >= 4 is 16.8 Å². The van der Waals surface area contributed by atoms with Crippen LogP contribution in [0.15, 0.2) is 115 Å². The van der Waals surface area contributed by atoms with E-state index in [1.54, 1.807) is 7.11 Å². The molecular formula is C37H38N6O2. The van der Waals surface area contributed by atoms with Gasteiger partial charge in [-0.2, -0.15) is 0 Å². The molecule has 2 aromatic heterocycles. The monoisotopic (exact) mass is 598 g/mol. The van der Waals surface area contributed by atoms with E-state index in [1.165, 1.54) is 5.56 Å². The largest absolute Gasteiger partial charge is 0.497 e. The van der Waals surface area contributed by atoms with E-state index in [4.69, 9.17) is 14.9 Å². The highest BCUT2D eigenvalue weighted by Crippen LogP contribution is 2.26. The Hall–Kier alpha value is -5.21. The van der Waals surface area contributed by atoms with Crippen molar-refractivity contribution in [3.05, 3.63) is 149 Å². The highest BCUT2D eigenvalue weighted by molar-refractivity contribution is 5.83. The second-order valence-electron chi connectivity index (χ2n) is 11.2. The number of nitrogens with zero attached hydrogens (tertiary/aromatic N) is 3. The van der Waals surface area contributed by atoms with E-state index in [1.807, 2.05) is 66.9 Å². The van der Waals surface area contributed by atoms with E-state index in [0.29, 0.717) is 19.5 Å². The molecule has 6 aromatic rings. The van der Waals surface area contributed by atoms with Crippen molar-refractivity contribution in [1.82, 2.24) is 30.4 Å². The smallest absolute Gasteiger partial charge is 0.234 e. The zero-order valence-corrected chi connectivity index (χ0v) is 25.4. The average molecular weight is 599 g/mol. The van der Waals surface area contributed by atoms with Gasteiger partial charge >= 0.3 is 0 Å². The summed E-state index contributed by atoms with van der Waals surface area (Å²) in [5, 5.41) is 17.1. The summed E-state index contributed by atoms with van der Waals surface area (Å²) in [5.41, 5.74) is 5.64. The van der Waals surface area contributed by atoms with Crippen LogP contribution in [0.1, 0.15) is 39.9 Å². The van der Waals surface area contributed by atoms with Crippen LogP contribution in [0.2, 0.25) is 0 Å². The number of benzene rings is 4. The normalized spacial score (nSPS) is 11.8. The summed E-state index contributed by atoms with van der Waals surface area (Å²) in [6.07, 6.45) is 4.15. The fraction of sp³-hybridized carbons (Fsp3) is 0.216. The van der Waals surface area contributed by atoms with Crippen LogP contribution in [0.25, 0.3) is 10.9 Å². The first kappa shape index (κ1) is 29.8. The van der Waals surface area contributed by atoms with E-state index in [-0.39, 0.29) is 12.5 Å². The molecule has 0 aliphatic rings. The molecule has 2 heterocycles. The summed E-state index contributed by atoms with van der Waals surface area (Å²) in [6.45, 7) is 1.37. The molecule has 228 valence electrons. The van der Waals surface area contributed by atoms with Gasteiger partial charge in [0.15, 0.2) is 5.82 Å². The number of hydrogen-bond donors (Lipinski definition) is 3. The second-order valence-corrected chi connectivity index (χ2v) is 11.2. The Morgan fingerprint density at radius 2 is 1.53 bits per heavy atom. The standard InChI is InChI=1S/C37H38N6O2/c1-45-31-19-16-29(17-20-31)26-43-35(21-18-27-10-4-2-5-11-27)41-42-37(43)34(22-30-24-39-33-15-9-8-14-32(30)33)40-36(44)25-38-23-28-12-6-3-7-13-28/h2-17,19-20,24,34,38-39H,18,21-23,25-26H2,1H3,(H,40,44)/t34-/m1/s1. The number of aromatic nitrogens is 4. The minimum Gasteiger partial charge on any atom is -0.497 e. The molecule has 3 N–H and O–H groups in total. The maximum Gasteiger partial charge on any atom is 0.234 e. The first-order chi connectivity index (χ1) is 22.2. The van der Waals surface area contributed by atoms with Gasteiger partial charge in [0.1, 0.15) is 11.6 Å². The minimum absolute atomic E-state index is 0.0967. The van der Waals surface area contributed by atoms with Gasteiger partial charge in [-0.05, 0) is 46.9 Å². The Bertz CT molecular complexity index is 1810. The number of amides is 1. The Balaban J connectivity index is 1.30. The van der Waals surface area contributed by atoms with Gasteiger partial charge < -0.3 is 24.9 Å². The quantitative estimate of drug-likeness (QED) is 0.148. The molecule has 6 rings (SSSR count). The number of methoxy groups -OCH3 is 1. The zero-order chi connectivity index (χ0) is 30.8. The van der Waals surface area contributed by atoms with E-state index in [9.17, 15) is 4.79 Å². The van der Waals surface area contributed by atoms with Crippen LogP contribution < -0.4 is 15.4 Å². The lowest BCUT2D eigenvalue weighted by Gasteiger charge is -2.21. The molecule has 45 heavy (non-hydrogen) atoms. The van der Waals surface area contributed by atoms with Crippen LogP contribution in [-0.4, -0.2) is 39.3 Å². The molecule has 0 radical (unpaired) electrons. The Kier molecular flexibility index (Phi) is 9.62. The lowest BCUT2D eigenvalue weighted by atomic mass is 10.0. The molecule has 1 amide bonds. The summed E-state index contributed by atoms with van der Waals surface area (Å²) in [6, 6.07) is 36.4. The van der Waals surface area contributed by atoms with Crippen LogP contribution >= 0.6 is 0 Å². The van der Waals surface area contributed by atoms with Gasteiger partial charge in [0.2, 0.25) is 5.91 Å². The first-order valence-electron chi connectivity index (χ1n) is 15.3. The van der Waals surface area contributed by atoms with Gasteiger partial charge in [-0.1, -0.05) is 91.0 Å². The van der Waals surface area contributed by atoms with Crippen molar-refractivity contribution in [3.63, 3.8) is 0 Å². The average Bonchev–Trinajstić information content (AvgIpc) is 3.68. The molecule has 0 aliphatic heterocycles. The summed E-state index contributed by atoms with van der Waals surface area (Å²) < 4.78 is 7.56. The fourth-order valence-electron chi connectivity index (χ4n) is 5.67. The molecule has 4 aromatic carbocycles. The number of nitrogens with one attached hydrogen (secondary N) is 3. The third kappa shape index (κ3) is 7.66. The third-order valence-electron chi connectivity index (χ3n) is 8.04. The molecule has 0 bridgehead atoms. The van der Waals surface area contributed by atoms with E-state index in [2.05, 4.69) is 68.7 Å². The van der Waals surface area contributed by atoms with E-state index >= 15 is 0 Å². The predicted octanol–water partition coefficient (Wildman–Crippen LogP) is 5.79. The summed E-state index contributed by atoms with van der Waals surface area (Å²) in [4.78, 5) is 16.8. The molecule has 0 aliphatic carbocycles. The van der Waals surface area contributed by atoms with Gasteiger partial charge in [-0.25, -0.2) is 0 Å². The number of ether oxygens (including phenoxy) is 1. The number of rotatable bonds is 14. The number of para-hydroxylation sites is 1. The first-order valence-corrected chi connectivity index (χ1v) is 15.3. The third-order valence-corrected chi connectivity index (χ3v) is 8.04. The van der Waals surface area contributed by atoms with Gasteiger partial charge in [0, 0.05) is 36.5 Å². The highest BCUT2D eigenvalue weighted by atomic mass is 16.5. The SMILES string of the molecule is COc1ccc(Cn2c(CCc3ccccc3)nnc2[C@@H](Cc2c[nH]c3ccccc23)NC(=O)CNCc2ccccc2)cc1. The van der Waals surface area contributed by atoms with Crippen LogP contribution in [0.3, 0.4) is 0 Å². The van der Waals surface area contributed by atoms with Crippen molar-refractivity contribution in [2.24, 2.45) is 0 Å². The molecule has 0 fully saturated rings. The molecule has 8 heteroatoms. The summed E-state index contributed by atoms with van der Waals surface area (Å²) in [5.74, 6) is 2.32. The van der Waals surface area contributed by atoms with Gasteiger partial charge in [-0.15, -0.1) is 10.2 Å². The molecule has 0 saturated heterocycles. The molecule has 0 unspecified atom stereocenters. The second kappa shape index (κ2) is 14.5. The fourth-order valence-corrected chi connectivity index (χ4v) is 5.67. The van der Waals surface area contributed by atoms with Gasteiger partial charge in [0.25, 0.3) is 0 Å². The Morgan fingerprint density at radius 3 is 2.29 bits per heavy atom. The molecule has 8 nitrogen and oxygen atoms in total. The zero-order valence-electron chi connectivity index (χ0n) is 25.4. The Labute approximate surface area is 263 Å². The van der Waals surface area contributed by atoms with Gasteiger partial charge in [-0.3, -0.25) is 4.79 Å². The van der Waals surface area contributed by atoms with Crippen LogP contribution in [-0.2, 0) is 37.1 Å². The summed E-state index contributed by atoms with van der Waals surface area (Å²) in [7, 11) is 1.67. The number of aromatic amines is 1. The maximum atomic E-state index is 13.4. The van der Waals surface area contributed by atoms with Crippen LogP contribution in [0.4, 0.5) is 0 Å². The van der Waals surface area contributed by atoms with Crippen LogP contribution in [0, 0.1) is 0 Å².